The molecule has 0 saturated carbocycles. The van der Waals surface area contributed by atoms with E-state index in [0.29, 0.717) is 12.3 Å². The molecule has 0 radical (unpaired) electrons. The predicted octanol–water partition coefficient (Wildman–Crippen LogP) is 0.988. The SMILES string of the molecule is CC(=O)C1C(=O)OC2CC(C)(C)CN=C21. The van der Waals surface area contributed by atoms with Gasteiger partial charge < -0.3 is 4.74 Å². The van der Waals surface area contributed by atoms with Crippen molar-refractivity contribution in [2.24, 2.45) is 16.3 Å². The fourth-order valence-corrected chi connectivity index (χ4v) is 2.16. The maximum absolute atomic E-state index is 11.5. The van der Waals surface area contributed by atoms with Gasteiger partial charge in [0, 0.05) is 6.54 Å². The van der Waals surface area contributed by atoms with E-state index in [-0.39, 0.29) is 17.3 Å². The Morgan fingerprint density at radius 1 is 1.53 bits per heavy atom. The summed E-state index contributed by atoms with van der Waals surface area (Å²) in [6, 6.07) is 0. The summed E-state index contributed by atoms with van der Waals surface area (Å²) in [5.41, 5.74) is 0.701. The summed E-state index contributed by atoms with van der Waals surface area (Å²) in [7, 11) is 0. The van der Waals surface area contributed by atoms with Crippen molar-refractivity contribution in [2.45, 2.75) is 33.3 Å². The zero-order valence-corrected chi connectivity index (χ0v) is 9.24. The molecule has 2 atom stereocenters. The van der Waals surface area contributed by atoms with Crippen LogP contribution in [0.1, 0.15) is 27.2 Å². The summed E-state index contributed by atoms with van der Waals surface area (Å²) in [6.45, 7) is 6.25. The second-order valence-electron chi connectivity index (χ2n) is 5.08. The molecule has 0 amide bonds. The molecule has 4 nitrogen and oxygen atoms in total. The highest BCUT2D eigenvalue weighted by atomic mass is 16.6. The van der Waals surface area contributed by atoms with E-state index in [1.807, 2.05) is 0 Å². The number of hydrogen-bond donors (Lipinski definition) is 0. The predicted molar refractivity (Wildman–Crippen MR) is 54.8 cm³/mol. The number of fused-ring (bicyclic) bond motifs is 1. The summed E-state index contributed by atoms with van der Waals surface area (Å²) in [4.78, 5) is 27.1. The number of ketones is 1. The van der Waals surface area contributed by atoms with Crippen LogP contribution in [0.2, 0.25) is 0 Å². The highest BCUT2D eigenvalue weighted by Gasteiger charge is 2.47. The Hall–Kier alpha value is -1.19. The Bertz CT molecular complexity index is 357. The zero-order chi connectivity index (χ0) is 11.2. The van der Waals surface area contributed by atoms with Gasteiger partial charge in [-0.1, -0.05) is 13.8 Å². The molecular weight excluding hydrogens is 194 g/mol. The molecule has 0 aromatic carbocycles. The Labute approximate surface area is 88.7 Å². The first-order chi connectivity index (χ1) is 6.91. The second-order valence-corrected chi connectivity index (χ2v) is 5.08. The van der Waals surface area contributed by atoms with E-state index >= 15 is 0 Å². The van der Waals surface area contributed by atoms with Crippen molar-refractivity contribution in [1.29, 1.82) is 0 Å². The van der Waals surface area contributed by atoms with Crippen molar-refractivity contribution in [3.05, 3.63) is 0 Å². The van der Waals surface area contributed by atoms with E-state index < -0.39 is 11.9 Å². The van der Waals surface area contributed by atoms with E-state index in [9.17, 15) is 9.59 Å². The van der Waals surface area contributed by atoms with Crippen LogP contribution >= 0.6 is 0 Å². The van der Waals surface area contributed by atoms with E-state index in [1.165, 1.54) is 6.92 Å². The Morgan fingerprint density at radius 2 is 2.20 bits per heavy atom. The lowest BCUT2D eigenvalue weighted by molar-refractivity contribution is -0.147. The van der Waals surface area contributed by atoms with Crippen molar-refractivity contribution in [3.8, 4) is 0 Å². The maximum atomic E-state index is 11.5. The number of nitrogens with zero attached hydrogens (tertiary/aromatic N) is 1. The number of carbonyl (C=O) groups is 2. The third-order valence-electron chi connectivity index (χ3n) is 2.95. The van der Waals surface area contributed by atoms with Gasteiger partial charge >= 0.3 is 5.97 Å². The molecule has 2 aliphatic rings. The third-order valence-corrected chi connectivity index (χ3v) is 2.95. The van der Waals surface area contributed by atoms with E-state index in [0.717, 1.165) is 6.42 Å². The van der Waals surface area contributed by atoms with Gasteiger partial charge in [-0.2, -0.15) is 0 Å². The van der Waals surface area contributed by atoms with Gasteiger partial charge in [-0.3, -0.25) is 14.6 Å². The third kappa shape index (κ3) is 1.68. The molecule has 0 bridgehead atoms. The topological polar surface area (TPSA) is 55.7 Å². The molecule has 1 fully saturated rings. The summed E-state index contributed by atoms with van der Waals surface area (Å²) < 4.78 is 5.18. The van der Waals surface area contributed by atoms with Crippen LogP contribution in [0.25, 0.3) is 0 Å². The van der Waals surface area contributed by atoms with Crippen molar-refractivity contribution >= 4 is 17.5 Å². The quantitative estimate of drug-likeness (QED) is 0.478. The van der Waals surface area contributed by atoms with Crippen LogP contribution in [0.5, 0.6) is 0 Å². The number of hydrogen-bond acceptors (Lipinski definition) is 4. The van der Waals surface area contributed by atoms with Crippen molar-refractivity contribution in [1.82, 2.24) is 0 Å². The molecule has 0 aromatic heterocycles. The first kappa shape index (κ1) is 10.3. The Morgan fingerprint density at radius 3 is 2.80 bits per heavy atom. The minimum absolute atomic E-state index is 0.0557. The van der Waals surface area contributed by atoms with Gasteiger partial charge in [0.2, 0.25) is 0 Å². The molecule has 0 spiro atoms. The van der Waals surface area contributed by atoms with Crippen LogP contribution < -0.4 is 0 Å². The Balaban J connectivity index is 2.31. The van der Waals surface area contributed by atoms with Crippen molar-refractivity contribution < 1.29 is 14.3 Å². The molecule has 15 heavy (non-hydrogen) atoms. The second kappa shape index (κ2) is 3.15. The summed E-state index contributed by atoms with van der Waals surface area (Å²) in [6.07, 6.45) is 0.497. The largest absolute Gasteiger partial charge is 0.455 e. The highest BCUT2D eigenvalue weighted by molar-refractivity contribution is 6.23. The molecule has 82 valence electrons. The summed E-state index contributed by atoms with van der Waals surface area (Å²) in [5.74, 6) is -1.32. The smallest absolute Gasteiger partial charge is 0.323 e. The van der Waals surface area contributed by atoms with Crippen LogP contribution in [0.4, 0.5) is 0 Å². The average molecular weight is 209 g/mol. The van der Waals surface area contributed by atoms with Gasteiger partial charge in [0.25, 0.3) is 0 Å². The molecule has 0 aliphatic carbocycles. The van der Waals surface area contributed by atoms with Gasteiger partial charge in [-0.05, 0) is 18.8 Å². The monoisotopic (exact) mass is 209 g/mol. The molecular formula is C11H15NO3. The molecule has 2 rings (SSSR count). The first-order valence-corrected chi connectivity index (χ1v) is 5.16. The minimum atomic E-state index is -0.730. The molecule has 0 N–H and O–H groups in total. The van der Waals surface area contributed by atoms with Gasteiger partial charge in [0.1, 0.15) is 11.9 Å². The first-order valence-electron chi connectivity index (χ1n) is 5.16. The van der Waals surface area contributed by atoms with E-state index in [4.69, 9.17) is 4.74 Å². The summed E-state index contributed by atoms with van der Waals surface area (Å²) >= 11 is 0. The lowest BCUT2D eigenvalue weighted by atomic mass is 9.81. The highest BCUT2D eigenvalue weighted by Crippen LogP contribution is 2.34. The average Bonchev–Trinajstić information content (AvgIpc) is 2.37. The van der Waals surface area contributed by atoms with Crippen LogP contribution in [0.3, 0.4) is 0 Å². The normalized spacial score (nSPS) is 33.0. The fourth-order valence-electron chi connectivity index (χ4n) is 2.16. The van der Waals surface area contributed by atoms with Gasteiger partial charge in [-0.15, -0.1) is 0 Å². The number of aliphatic imine (C=N–C) groups is 1. The van der Waals surface area contributed by atoms with Crippen LogP contribution in [0.15, 0.2) is 4.99 Å². The molecule has 2 heterocycles. The lowest BCUT2D eigenvalue weighted by Crippen LogP contribution is -2.36. The van der Waals surface area contributed by atoms with Crippen molar-refractivity contribution in [3.63, 3.8) is 0 Å². The number of carbonyl (C=O) groups excluding carboxylic acids is 2. The molecule has 1 saturated heterocycles. The van der Waals surface area contributed by atoms with E-state index in [1.54, 1.807) is 0 Å². The fraction of sp³-hybridized carbons (Fsp3) is 0.727. The maximum Gasteiger partial charge on any atom is 0.323 e. The minimum Gasteiger partial charge on any atom is -0.455 e. The van der Waals surface area contributed by atoms with Crippen LogP contribution in [-0.2, 0) is 14.3 Å². The van der Waals surface area contributed by atoms with Gasteiger partial charge in [0.05, 0.1) is 5.71 Å². The van der Waals surface area contributed by atoms with E-state index in [2.05, 4.69) is 18.8 Å². The van der Waals surface area contributed by atoms with Crippen molar-refractivity contribution in [2.75, 3.05) is 6.54 Å². The standard InChI is InChI=1S/C11H15NO3/c1-6(13)8-9-7(15-10(8)14)4-11(2,3)5-12-9/h7-8H,4-5H2,1-3H3. The molecule has 2 aliphatic heterocycles. The molecule has 4 heteroatoms. The zero-order valence-electron chi connectivity index (χ0n) is 9.24. The molecule has 2 unspecified atom stereocenters. The molecule has 0 aromatic rings. The number of esters is 1. The number of rotatable bonds is 1. The van der Waals surface area contributed by atoms with Gasteiger partial charge in [-0.25, -0.2) is 0 Å². The van der Waals surface area contributed by atoms with Crippen LogP contribution in [-0.4, -0.2) is 30.1 Å². The lowest BCUT2D eigenvalue weighted by Gasteiger charge is -2.30. The van der Waals surface area contributed by atoms with Crippen LogP contribution in [0, 0.1) is 11.3 Å². The van der Waals surface area contributed by atoms with Gasteiger partial charge in [0.15, 0.2) is 5.92 Å². The number of ether oxygens (including phenoxy) is 1. The summed E-state index contributed by atoms with van der Waals surface area (Å²) in [5, 5.41) is 0. The number of Topliss-reactive ketones (excluding diaryl/α,β-unsaturated/α-hetero) is 1. The Kier molecular flexibility index (Phi) is 2.17.